The molecule has 3 aromatic heterocycles. The molecule has 196 valence electrons. The topological polar surface area (TPSA) is 69.4 Å². The summed E-state index contributed by atoms with van der Waals surface area (Å²) in [6, 6.07) is 10.7. The van der Waals surface area contributed by atoms with Crippen LogP contribution in [-0.2, 0) is 0 Å². The number of H-pyrrole nitrogens is 2. The minimum Gasteiger partial charge on any atom is -0.359 e. The van der Waals surface area contributed by atoms with Crippen LogP contribution in [0.3, 0.4) is 0 Å². The molecule has 5 rings (SSSR count). The van der Waals surface area contributed by atoms with Crippen LogP contribution in [0.4, 0.5) is 4.39 Å². The van der Waals surface area contributed by atoms with Crippen molar-refractivity contribution >= 4 is 22.2 Å². The summed E-state index contributed by atoms with van der Waals surface area (Å²) >= 11 is 0. The minimum absolute atomic E-state index is 0.283. The zero-order valence-corrected chi connectivity index (χ0v) is 22.3. The van der Waals surface area contributed by atoms with Crippen molar-refractivity contribution in [2.24, 2.45) is 5.92 Å². The summed E-state index contributed by atoms with van der Waals surface area (Å²) in [6.45, 7) is 16.0. The number of rotatable bonds is 10. The van der Waals surface area contributed by atoms with Crippen molar-refractivity contribution in [3.8, 4) is 11.4 Å². The predicted molar refractivity (Wildman–Crippen MR) is 159 cm³/mol. The average Bonchev–Trinajstić information content (AvgIpc) is 3.61. The highest BCUT2D eigenvalue weighted by Crippen LogP contribution is 2.35. The third-order valence-electron chi connectivity index (χ3n) is 6.95. The third kappa shape index (κ3) is 5.46. The van der Waals surface area contributed by atoms with Gasteiger partial charge in [-0.3, -0.25) is 5.10 Å². The Morgan fingerprint density at radius 2 is 1.97 bits per heavy atom. The fourth-order valence-electron chi connectivity index (χ4n) is 4.72. The number of aromatic amines is 2. The van der Waals surface area contributed by atoms with Crippen molar-refractivity contribution in [1.29, 1.82) is 0 Å². The molecular formula is C33H32FN5. The number of pyridine rings is 1. The Labute approximate surface area is 228 Å². The van der Waals surface area contributed by atoms with Gasteiger partial charge < -0.3 is 10.3 Å². The third-order valence-corrected chi connectivity index (χ3v) is 6.95. The van der Waals surface area contributed by atoms with Crippen LogP contribution in [0.2, 0.25) is 0 Å². The van der Waals surface area contributed by atoms with Gasteiger partial charge in [0.05, 0.1) is 11.4 Å². The molecular weight excluding hydrogens is 485 g/mol. The fourth-order valence-corrected chi connectivity index (χ4v) is 4.72. The SMILES string of the molecule is C=C/C=C(/c1cccc(F)c1)c1cc(-c2[nH]nc3ncc(C(/C=C(\C=C)NC(=C)C4CC4)=C/C)cc23)[nH]c1C. The largest absolute Gasteiger partial charge is 0.359 e. The van der Waals surface area contributed by atoms with Crippen molar-refractivity contribution in [1.82, 2.24) is 25.5 Å². The molecule has 0 bridgehead atoms. The Bertz CT molecular complexity index is 1670. The molecule has 3 N–H and O–H groups in total. The maximum absolute atomic E-state index is 14.0. The van der Waals surface area contributed by atoms with Crippen LogP contribution in [0.25, 0.3) is 33.6 Å². The number of benzene rings is 1. The van der Waals surface area contributed by atoms with Crippen molar-refractivity contribution in [2.45, 2.75) is 26.7 Å². The van der Waals surface area contributed by atoms with Crippen molar-refractivity contribution in [3.63, 3.8) is 0 Å². The lowest BCUT2D eigenvalue weighted by atomic mass is 9.97. The fraction of sp³-hybridized carbons (Fsp3) is 0.152. The van der Waals surface area contributed by atoms with Gasteiger partial charge in [-0.2, -0.15) is 5.10 Å². The second-order valence-electron chi connectivity index (χ2n) is 9.71. The number of fused-ring (bicyclic) bond motifs is 1. The van der Waals surface area contributed by atoms with E-state index in [9.17, 15) is 4.39 Å². The van der Waals surface area contributed by atoms with E-state index >= 15 is 0 Å². The quantitative estimate of drug-likeness (QED) is 0.187. The molecule has 0 atom stereocenters. The molecule has 0 amide bonds. The van der Waals surface area contributed by atoms with E-state index in [0.29, 0.717) is 11.6 Å². The normalized spacial score (nSPS) is 14.5. The molecule has 4 aromatic rings. The van der Waals surface area contributed by atoms with E-state index in [0.717, 1.165) is 61.7 Å². The average molecular weight is 518 g/mol. The van der Waals surface area contributed by atoms with Crippen LogP contribution in [0.1, 0.15) is 42.1 Å². The second-order valence-corrected chi connectivity index (χ2v) is 9.71. The van der Waals surface area contributed by atoms with Crippen molar-refractivity contribution in [2.75, 3.05) is 0 Å². The molecule has 1 aliphatic rings. The van der Waals surface area contributed by atoms with Gasteiger partial charge in [0.1, 0.15) is 5.82 Å². The van der Waals surface area contributed by atoms with Crippen LogP contribution in [0, 0.1) is 18.7 Å². The molecule has 0 radical (unpaired) electrons. The lowest BCUT2D eigenvalue weighted by Crippen LogP contribution is -2.11. The zero-order chi connectivity index (χ0) is 27.5. The highest BCUT2D eigenvalue weighted by atomic mass is 19.1. The summed E-state index contributed by atoms with van der Waals surface area (Å²) in [7, 11) is 0. The molecule has 6 heteroatoms. The van der Waals surface area contributed by atoms with Gasteiger partial charge in [-0.05, 0) is 85.7 Å². The molecule has 0 aliphatic heterocycles. The lowest BCUT2D eigenvalue weighted by Gasteiger charge is -2.11. The Balaban J connectivity index is 1.52. The van der Waals surface area contributed by atoms with Crippen LogP contribution >= 0.6 is 0 Å². The Kier molecular flexibility index (Phi) is 7.28. The smallest absolute Gasteiger partial charge is 0.181 e. The number of nitrogens with one attached hydrogen (secondary N) is 3. The number of allylic oxidation sites excluding steroid dienone is 7. The van der Waals surface area contributed by atoms with Crippen LogP contribution in [0.5, 0.6) is 0 Å². The summed E-state index contributed by atoms with van der Waals surface area (Å²) < 4.78 is 14.0. The number of nitrogens with zero attached hydrogens (tertiary/aromatic N) is 2. The molecule has 3 heterocycles. The van der Waals surface area contributed by atoms with E-state index < -0.39 is 0 Å². The second kappa shape index (κ2) is 11.0. The molecule has 39 heavy (non-hydrogen) atoms. The van der Waals surface area contributed by atoms with Gasteiger partial charge in [-0.25, -0.2) is 9.37 Å². The summed E-state index contributed by atoms with van der Waals surface area (Å²) in [5.74, 6) is 0.264. The Hall–Kier alpha value is -4.71. The number of hydrogen-bond donors (Lipinski definition) is 3. The van der Waals surface area contributed by atoms with E-state index in [2.05, 4.69) is 69.5 Å². The first kappa shape index (κ1) is 25.9. The standard InChI is InChI=1S/C33H32FN5/c1-6-10-28(24-11-9-12-26(34)15-24)29-18-31(37-21(29)5)32-30-17-25(19-35-33(30)39-38-32)22(7-2)16-27(8-3)36-20(4)23-13-14-23/h6-12,15-19,23,36-37H,1,3-4,13-14H2,2,5H3,(H,35,38,39)/b22-7+,27-16+,28-10-. The van der Waals surface area contributed by atoms with E-state index in [1.165, 1.54) is 25.0 Å². The van der Waals surface area contributed by atoms with Crippen molar-refractivity contribution < 1.29 is 4.39 Å². The van der Waals surface area contributed by atoms with Gasteiger partial charge in [0.2, 0.25) is 0 Å². The summed E-state index contributed by atoms with van der Waals surface area (Å²) in [6.07, 6.45) is 13.7. The van der Waals surface area contributed by atoms with Crippen LogP contribution in [-0.4, -0.2) is 20.2 Å². The molecule has 1 aliphatic carbocycles. The summed E-state index contributed by atoms with van der Waals surface area (Å²) in [5.41, 5.74) is 9.78. The summed E-state index contributed by atoms with van der Waals surface area (Å²) in [5, 5.41) is 11.9. The van der Waals surface area contributed by atoms with Gasteiger partial charge in [0.15, 0.2) is 5.65 Å². The molecule has 1 saturated carbocycles. The molecule has 1 aromatic carbocycles. The lowest BCUT2D eigenvalue weighted by molar-refractivity contribution is 0.627. The first-order chi connectivity index (χ1) is 18.9. The number of halogens is 1. The van der Waals surface area contributed by atoms with Gasteiger partial charge >= 0.3 is 0 Å². The number of aromatic nitrogens is 4. The molecule has 1 fully saturated rings. The summed E-state index contributed by atoms with van der Waals surface area (Å²) in [4.78, 5) is 8.10. The number of aryl methyl sites for hydroxylation is 1. The minimum atomic E-state index is -0.283. The van der Waals surface area contributed by atoms with E-state index in [1.807, 2.05) is 38.3 Å². The first-order valence-corrected chi connectivity index (χ1v) is 13.0. The number of hydrogen-bond acceptors (Lipinski definition) is 3. The zero-order valence-electron chi connectivity index (χ0n) is 22.3. The highest BCUT2D eigenvalue weighted by Gasteiger charge is 2.24. The van der Waals surface area contributed by atoms with Crippen LogP contribution in [0.15, 0.2) is 104 Å². The molecule has 0 spiro atoms. The van der Waals surface area contributed by atoms with Gasteiger partial charge in [-0.15, -0.1) is 0 Å². The van der Waals surface area contributed by atoms with E-state index in [1.54, 1.807) is 12.1 Å². The maximum atomic E-state index is 14.0. The molecule has 0 saturated heterocycles. The Morgan fingerprint density at radius 3 is 2.67 bits per heavy atom. The van der Waals surface area contributed by atoms with Crippen LogP contribution < -0.4 is 5.32 Å². The highest BCUT2D eigenvalue weighted by molar-refractivity contribution is 5.94. The van der Waals surface area contributed by atoms with Gasteiger partial charge in [0.25, 0.3) is 0 Å². The van der Waals surface area contributed by atoms with Gasteiger partial charge in [-0.1, -0.05) is 50.1 Å². The molecule has 0 unspecified atom stereocenters. The van der Waals surface area contributed by atoms with Crippen molar-refractivity contribution in [3.05, 3.63) is 132 Å². The van der Waals surface area contributed by atoms with E-state index in [4.69, 9.17) is 0 Å². The maximum Gasteiger partial charge on any atom is 0.181 e. The molecule has 5 nitrogen and oxygen atoms in total. The predicted octanol–water partition coefficient (Wildman–Crippen LogP) is 8.00. The Morgan fingerprint density at radius 1 is 1.15 bits per heavy atom. The monoisotopic (exact) mass is 517 g/mol. The van der Waals surface area contributed by atoms with E-state index in [-0.39, 0.29) is 5.82 Å². The van der Waals surface area contributed by atoms with Gasteiger partial charge in [0, 0.05) is 39.8 Å². The first-order valence-electron chi connectivity index (χ1n) is 13.0.